The molecule has 2 aromatic rings. The van der Waals surface area contributed by atoms with Crippen molar-refractivity contribution in [1.82, 2.24) is 14.5 Å². The molecular weight excluding hydrogens is 258 g/mol. The first-order valence-electron chi connectivity index (χ1n) is 4.78. The van der Waals surface area contributed by atoms with Crippen LogP contribution in [0.5, 0.6) is 0 Å². The highest BCUT2D eigenvalue weighted by Gasteiger charge is 2.28. The number of pyridine rings is 1. The Kier molecular flexibility index (Phi) is 1.88. The van der Waals surface area contributed by atoms with Crippen LogP contribution in [-0.2, 0) is 0 Å². The quantitative estimate of drug-likeness (QED) is 0.784. The molecule has 0 saturated heterocycles. The van der Waals surface area contributed by atoms with Gasteiger partial charge in [-0.3, -0.25) is 9.78 Å². The maximum absolute atomic E-state index is 10.9. The summed E-state index contributed by atoms with van der Waals surface area (Å²) >= 11 is 3.45. The Balaban J connectivity index is 2.40. The van der Waals surface area contributed by atoms with Crippen molar-refractivity contribution in [3.05, 3.63) is 22.7 Å². The molecule has 4 nitrogen and oxygen atoms in total. The van der Waals surface area contributed by atoms with Gasteiger partial charge >= 0.3 is 0 Å². The van der Waals surface area contributed by atoms with Gasteiger partial charge in [-0.15, -0.1) is 0 Å². The Morgan fingerprint density at radius 2 is 2.27 bits per heavy atom. The van der Waals surface area contributed by atoms with Crippen molar-refractivity contribution in [2.45, 2.75) is 18.9 Å². The lowest BCUT2D eigenvalue weighted by molar-refractivity contribution is 0.111. The van der Waals surface area contributed by atoms with Gasteiger partial charge in [0, 0.05) is 12.2 Å². The van der Waals surface area contributed by atoms with Crippen LogP contribution in [0, 0.1) is 0 Å². The van der Waals surface area contributed by atoms with Crippen molar-refractivity contribution < 1.29 is 4.79 Å². The van der Waals surface area contributed by atoms with Crippen LogP contribution < -0.4 is 0 Å². The smallest absolute Gasteiger partial charge is 0.185 e. The third-order valence-corrected chi connectivity index (χ3v) is 3.17. The molecule has 0 N–H and O–H groups in total. The van der Waals surface area contributed by atoms with Crippen molar-refractivity contribution in [1.29, 1.82) is 0 Å². The van der Waals surface area contributed by atoms with Crippen molar-refractivity contribution in [2.24, 2.45) is 0 Å². The summed E-state index contributed by atoms with van der Waals surface area (Å²) < 4.78 is 2.90. The van der Waals surface area contributed by atoms with Gasteiger partial charge in [-0.1, -0.05) is 0 Å². The molecule has 3 rings (SSSR count). The Bertz CT molecular complexity index is 545. The average Bonchev–Trinajstić information content (AvgIpc) is 2.99. The zero-order valence-electron chi connectivity index (χ0n) is 7.85. The van der Waals surface area contributed by atoms with Gasteiger partial charge in [-0.25, -0.2) is 4.98 Å². The van der Waals surface area contributed by atoms with Gasteiger partial charge < -0.3 is 4.57 Å². The molecule has 5 heteroatoms. The minimum absolute atomic E-state index is 0.439. The van der Waals surface area contributed by atoms with E-state index in [-0.39, 0.29) is 0 Å². The molecule has 0 spiro atoms. The van der Waals surface area contributed by atoms with Crippen molar-refractivity contribution in [2.75, 3.05) is 0 Å². The molecule has 0 unspecified atom stereocenters. The fourth-order valence-electron chi connectivity index (χ4n) is 1.82. The van der Waals surface area contributed by atoms with Gasteiger partial charge in [-0.05, 0) is 28.8 Å². The summed E-state index contributed by atoms with van der Waals surface area (Å²) in [6.45, 7) is 0. The first-order valence-corrected chi connectivity index (χ1v) is 5.57. The summed E-state index contributed by atoms with van der Waals surface area (Å²) in [6.07, 6.45) is 6.48. The summed E-state index contributed by atoms with van der Waals surface area (Å²) in [5.74, 6) is 0.501. The number of nitrogens with zero attached hydrogens (tertiary/aromatic N) is 3. The van der Waals surface area contributed by atoms with E-state index in [1.165, 1.54) is 0 Å². The topological polar surface area (TPSA) is 47.8 Å². The van der Waals surface area contributed by atoms with Crippen LogP contribution in [0.25, 0.3) is 11.0 Å². The number of rotatable bonds is 2. The van der Waals surface area contributed by atoms with Gasteiger partial charge in [0.1, 0.15) is 5.52 Å². The zero-order valence-corrected chi connectivity index (χ0v) is 9.44. The number of imidazole rings is 1. The van der Waals surface area contributed by atoms with E-state index in [1.54, 1.807) is 12.4 Å². The van der Waals surface area contributed by atoms with Crippen molar-refractivity contribution in [3.63, 3.8) is 0 Å². The Morgan fingerprint density at radius 3 is 2.93 bits per heavy atom. The monoisotopic (exact) mass is 265 g/mol. The fourth-order valence-corrected chi connectivity index (χ4v) is 2.33. The molecule has 1 aliphatic carbocycles. The molecule has 0 amide bonds. The second-order valence-electron chi connectivity index (χ2n) is 3.68. The minimum atomic E-state index is 0.439. The van der Waals surface area contributed by atoms with Crippen LogP contribution in [0.2, 0.25) is 0 Å². The number of aldehydes is 1. The van der Waals surface area contributed by atoms with Gasteiger partial charge in [0.25, 0.3) is 0 Å². The molecule has 76 valence electrons. The van der Waals surface area contributed by atoms with Crippen LogP contribution in [0.4, 0.5) is 0 Å². The van der Waals surface area contributed by atoms with E-state index in [2.05, 4.69) is 25.9 Å². The predicted octanol–water partition coefficient (Wildman–Crippen LogP) is 2.34. The molecule has 0 aliphatic heterocycles. The van der Waals surface area contributed by atoms with Crippen molar-refractivity contribution in [3.8, 4) is 0 Å². The number of aromatic nitrogens is 3. The maximum atomic E-state index is 10.9. The van der Waals surface area contributed by atoms with Gasteiger partial charge in [0.15, 0.2) is 12.1 Å². The molecule has 2 aromatic heterocycles. The molecule has 0 atom stereocenters. The summed E-state index contributed by atoms with van der Waals surface area (Å²) in [5.41, 5.74) is 1.76. The lowest BCUT2D eigenvalue weighted by Crippen LogP contribution is -2.00. The van der Waals surface area contributed by atoms with Crippen LogP contribution in [0.3, 0.4) is 0 Å². The maximum Gasteiger partial charge on any atom is 0.185 e. The van der Waals surface area contributed by atoms with Crippen LogP contribution in [0.15, 0.2) is 16.9 Å². The van der Waals surface area contributed by atoms with E-state index in [0.717, 1.165) is 34.6 Å². The first kappa shape index (κ1) is 9.03. The standard InChI is InChI=1S/C10H8BrN3O/c11-7-3-12-4-8-10(7)14(6-1-2-6)9(5-15)13-8/h3-6H,1-2H2. The van der Waals surface area contributed by atoms with E-state index in [9.17, 15) is 4.79 Å². The van der Waals surface area contributed by atoms with Crippen LogP contribution in [-0.4, -0.2) is 20.8 Å². The molecule has 1 fully saturated rings. The Morgan fingerprint density at radius 1 is 1.47 bits per heavy atom. The molecule has 1 saturated carbocycles. The highest BCUT2D eigenvalue weighted by atomic mass is 79.9. The van der Waals surface area contributed by atoms with Gasteiger partial charge in [0.2, 0.25) is 0 Å². The van der Waals surface area contributed by atoms with E-state index in [0.29, 0.717) is 11.9 Å². The first-order chi connectivity index (χ1) is 7.31. The van der Waals surface area contributed by atoms with E-state index in [4.69, 9.17) is 0 Å². The van der Waals surface area contributed by atoms with Crippen LogP contribution in [0.1, 0.15) is 29.5 Å². The third-order valence-electron chi connectivity index (χ3n) is 2.59. The Labute approximate surface area is 94.5 Å². The van der Waals surface area contributed by atoms with E-state index >= 15 is 0 Å². The molecule has 0 bridgehead atoms. The summed E-state index contributed by atoms with van der Waals surface area (Å²) in [4.78, 5) is 19.2. The number of fused-ring (bicyclic) bond motifs is 1. The molecule has 2 heterocycles. The van der Waals surface area contributed by atoms with E-state index in [1.807, 2.05) is 4.57 Å². The lowest BCUT2D eigenvalue weighted by Gasteiger charge is -2.03. The summed E-state index contributed by atoms with van der Waals surface area (Å²) in [6, 6.07) is 0.439. The highest BCUT2D eigenvalue weighted by molar-refractivity contribution is 9.10. The molecule has 0 aromatic carbocycles. The number of hydrogen-bond donors (Lipinski definition) is 0. The summed E-state index contributed by atoms with van der Waals surface area (Å²) in [7, 11) is 0. The van der Waals surface area contributed by atoms with E-state index < -0.39 is 0 Å². The molecule has 0 radical (unpaired) electrons. The fraction of sp³-hybridized carbons (Fsp3) is 0.300. The van der Waals surface area contributed by atoms with Gasteiger partial charge in [0.05, 0.1) is 16.2 Å². The molecular formula is C10H8BrN3O. The highest BCUT2D eigenvalue weighted by Crippen LogP contribution is 2.39. The summed E-state index contributed by atoms with van der Waals surface area (Å²) in [5, 5.41) is 0. The normalized spacial score (nSPS) is 15.8. The second kappa shape index (κ2) is 3.13. The average molecular weight is 266 g/mol. The lowest BCUT2D eigenvalue weighted by atomic mass is 10.4. The number of halogens is 1. The van der Waals surface area contributed by atoms with Crippen LogP contribution >= 0.6 is 15.9 Å². The third kappa shape index (κ3) is 1.30. The number of carbonyl (C=O) groups excluding carboxylic acids is 1. The largest absolute Gasteiger partial charge is 0.318 e. The van der Waals surface area contributed by atoms with Crippen molar-refractivity contribution >= 4 is 33.2 Å². The minimum Gasteiger partial charge on any atom is -0.318 e. The molecule has 1 aliphatic rings. The SMILES string of the molecule is O=Cc1nc2cncc(Br)c2n1C1CC1. The second-order valence-corrected chi connectivity index (χ2v) is 4.53. The number of carbonyl (C=O) groups is 1. The number of hydrogen-bond acceptors (Lipinski definition) is 3. The molecule has 15 heavy (non-hydrogen) atoms. The van der Waals surface area contributed by atoms with Gasteiger partial charge in [-0.2, -0.15) is 0 Å². The zero-order chi connectivity index (χ0) is 10.4. The Hall–Kier alpha value is -1.23. The predicted molar refractivity (Wildman–Crippen MR) is 58.9 cm³/mol.